The van der Waals surface area contributed by atoms with Gasteiger partial charge in [-0.1, -0.05) is 143 Å². The van der Waals surface area contributed by atoms with Gasteiger partial charge in [-0.15, -0.1) is 0 Å². The zero-order valence-electron chi connectivity index (χ0n) is 31.7. The molecule has 0 aliphatic carbocycles. The summed E-state index contributed by atoms with van der Waals surface area (Å²) in [6, 6.07) is 33.0. The van der Waals surface area contributed by atoms with E-state index in [1.54, 1.807) is 0 Å². The summed E-state index contributed by atoms with van der Waals surface area (Å²) in [6.45, 7) is 22.9. The topological polar surface area (TPSA) is 6.48 Å². The Morgan fingerprint density at radius 3 is 2.08 bits per heavy atom. The van der Waals surface area contributed by atoms with Crippen molar-refractivity contribution in [3.05, 3.63) is 190 Å². The van der Waals surface area contributed by atoms with Crippen LogP contribution in [0.3, 0.4) is 0 Å². The van der Waals surface area contributed by atoms with Crippen molar-refractivity contribution >= 4 is 34.8 Å². The fraction of sp³-hybridized carbons (Fsp3) is 0.224. The SMILES string of the molecule is C=C/C=C\c1c(C)cccc1N(C/C=C\C1=C(C)C(C)C2=C(/C=C(\C)c3ccccc3)C(C)(C)c3ccccc3N12)c1cccc(C)c1/C=C\C. The van der Waals surface area contributed by atoms with Crippen molar-refractivity contribution < 1.29 is 0 Å². The van der Waals surface area contributed by atoms with E-state index in [0.717, 1.165) is 0 Å². The van der Waals surface area contributed by atoms with Crippen LogP contribution in [0.1, 0.15) is 74.9 Å². The zero-order valence-corrected chi connectivity index (χ0v) is 31.7. The molecule has 0 saturated heterocycles. The summed E-state index contributed by atoms with van der Waals surface area (Å²) in [5, 5.41) is 0. The van der Waals surface area contributed by atoms with Crippen LogP contribution in [0.15, 0.2) is 157 Å². The Hall–Kier alpha value is -5.34. The third kappa shape index (κ3) is 6.64. The Morgan fingerprint density at radius 1 is 0.804 bits per heavy atom. The fourth-order valence-electron chi connectivity index (χ4n) is 7.83. The van der Waals surface area contributed by atoms with Crippen LogP contribution in [-0.4, -0.2) is 6.54 Å². The minimum absolute atomic E-state index is 0.155. The van der Waals surface area contributed by atoms with Crippen molar-refractivity contribution in [2.75, 3.05) is 16.3 Å². The van der Waals surface area contributed by atoms with Gasteiger partial charge in [0.25, 0.3) is 0 Å². The Balaban J connectivity index is 1.48. The van der Waals surface area contributed by atoms with E-state index in [1.165, 1.54) is 78.6 Å². The van der Waals surface area contributed by atoms with Gasteiger partial charge >= 0.3 is 0 Å². The van der Waals surface area contributed by atoms with Gasteiger partial charge in [0.1, 0.15) is 0 Å². The number of allylic oxidation sites excluding steroid dienone is 8. The summed E-state index contributed by atoms with van der Waals surface area (Å²) in [6.07, 6.45) is 17.6. The van der Waals surface area contributed by atoms with E-state index in [2.05, 4.69) is 199 Å². The van der Waals surface area contributed by atoms with E-state index >= 15 is 0 Å². The van der Waals surface area contributed by atoms with Crippen LogP contribution in [-0.2, 0) is 5.41 Å². The highest BCUT2D eigenvalue weighted by Gasteiger charge is 2.43. The van der Waals surface area contributed by atoms with Gasteiger partial charge in [-0.25, -0.2) is 0 Å². The number of benzene rings is 4. The van der Waals surface area contributed by atoms with E-state index in [9.17, 15) is 0 Å². The van der Waals surface area contributed by atoms with E-state index < -0.39 is 0 Å². The number of aryl methyl sites for hydroxylation is 2. The largest absolute Gasteiger partial charge is 0.337 e. The normalized spacial score (nSPS) is 17.2. The van der Waals surface area contributed by atoms with Gasteiger partial charge in [-0.05, 0) is 97.9 Å². The molecule has 1 unspecified atom stereocenters. The number of fused-ring (bicyclic) bond motifs is 3. The number of anilines is 3. The summed E-state index contributed by atoms with van der Waals surface area (Å²) in [4.78, 5) is 5.01. The third-order valence-corrected chi connectivity index (χ3v) is 10.8. The first-order chi connectivity index (χ1) is 24.6. The molecule has 0 saturated carbocycles. The van der Waals surface area contributed by atoms with Gasteiger partial charge in [-0.2, -0.15) is 0 Å². The van der Waals surface area contributed by atoms with E-state index in [-0.39, 0.29) is 11.3 Å². The van der Waals surface area contributed by atoms with Crippen molar-refractivity contribution in [2.24, 2.45) is 5.92 Å². The molecule has 0 aromatic heterocycles. The smallest absolute Gasteiger partial charge is 0.0499 e. The van der Waals surface area contributed by atoms with Crippen LogP contribution in [0.2, 0.25) is 0 Å². The lowest BCUT2D eigenvalue weighted by atomic mass is 9.71. The molecule has 51 heavy (non-hydrogen) atoms. The quantitative estimate of drug-likeness (QED) is 0.155. The summed E-state index contributed by atoms with van der Waals surface area (Å²) in [7, 11) is 0. The standard InChI is InChI=1S/C49H52N2/c1-10-12-26-41-35(4)23-19-30-46(41)50(45-29-18-22-34(3)40(45)21-11-2)32-20-31-44-37(6)38(7)48-43(33-36(5)39-24-14-13-15-25-39)49(8,9)42-27-16-17-28-47(42)51(44)48/h10-31,33,38H,1,32H2,2-9H3/b21-11-,26-12-,31-20-,36-33+. The highest BCUT2D eigenvalue weighted by molar-refractivity contribution is 5.83. The predicted octanol–water partition coefficient (Wildman–Crippen LogP) is 13.3. The molecule has 1 atom stereocenters. The molecule has 4 aromatic rings. The second-order valence-corrected chi connectivity index (χ2v) is 14.4. The van der Waals surface area contributed by atoms with Crippen LogP contribution in [0.25, 0.3) is 17.7 Å². The second kappa shape index (κ2) is 14.9. The minimum Gasteiger partial charge on any atom is -0.337 e. The number of hydrogen-bond acceptors (Lipinski definition) is 2. The molecule has 0 N–H and O–H groups in total. The zero-order chi connectivity index (χ0) is 36.3. The van der Waals surface area contributed by atoms with Crippen LogP contribution in [0, 0.1) is 19.8 Å². The average molecular weight is 669 g/mol. The van der Waals surface area contributed by atoms with Gasteiger partial charge in [0.2, 0.25) is 0 Å². The summed E-state index contributed by atoms with van der Waals surface area (Å²) >= 11 is 0. The third-order valence-electron chi connectivity index (χ3n) is 10.8. The van der Waals surface area contributed by atoms with E-state index in [1.807, 2.05) is 12.2 Å². The molecule has 4 aromatic carbocycles. The maximum Gasteiger partial charge on any atom is 0.0499 e. The first-order valence-electron chi connectivity index (χ1n) is 18.2. The molecule has 0 bridgehead atoms. The van der Waals surface area contributed by atoms with Crippen molar-refractivity contribution in [1.82, 2.24) is 0 Å². The molecule has 0 spiro atoms. The highest BCUT2D eigenvalue weighted by Crippen LogP contribution is 2.54. The molecule has 6 rings (SSSR count). The first kappa shape index (κ1) is 35.5. The van der Waals surface area contributed by atoms with Crippen molar-refractivity contribution in [2.45, 2.75) is 60.8 Å². The second-order valence-electron chi connectivity index (χ2n) is 14.4. The molecule has 258 valence electrons. The van der Waals surface area contributed by atoms with Crippen LogP contribution in [0.4, 0.5) is 17.1 Å². The fourth-order valence-corrected chi connectivity index (χ4v) is 7.83. The van der Waals surface area contributed by atoms with Crippen LogP contribution >= 0.6 is 0 Å². The van der Waals surface area contributed by atoms with Crippen LogP contribution < -0.4 is 9.80 Å². The molecule has 2 aliphatic heterocycles. The number of rotatable bonds is 10. The Labute approximate surface area is 306 Å². The molecule has 2 nitrogen and oxygen atoms in total. The van der Waals surface area contributed by atoms with Gasteiger partial charge in [0.05, 0.1) is 0 Å². The number of para-hydroxylation sites is 1. The Morgan fingerprint density at radius 2 is 1.43 bits per heavy atom. The molecule has 2 heteroatoms. The van der Waals surface area contributed by atoms with Crippen LogP contribution in [0.5, 0.6) is 0 Å². The maximum atomic E-state index is 3.95. The Kier molecular flexibility index (Phi) is 10.3. The monoisotopic (exact) mass is 668 g/mol. The number of hydrogen-bond donors (Lipinski definition) is 0. The lowest BCUT2D eigenvalue weighted by Gasteiger charge is -2.42. The molecule has 0 fully saturated rings. The Bertz CT molecular complexity index is 2130. The lowest BCUT2D eigenvalue weighted by Crippen LogP contribution is -2.35. The minimum atomic E-state index is -0.155. The van der Waals surface area contributed by atoms with Crippen molar-refractivity contribution in [1.29, 1.82) is 0 Å². The number of nitrogens with zero attached hydrogens (tertiary/aromatic N) is 2. The predicted molar refractivity (Wildman–Crippen MR) is 223 cm³/mol. The van der Waals surface area contributed by atoms with Gasteiger partial charge in [0, 0.05) is 57.5 Å². The lowest BCUT2D eigenvalue weighted by molar-refractivity contribution is 0.602. The molecule has 2 heterocycles. The molecular weight excluding hydrogens is 617 g/mol. The molecule has 0 amide bonds. The molecule has 0 radical (unpaired) electrons. The summed E-state index contributed by atoms with van der Waals surface area (Å²) < 4.78 is 0. The average Bonchev–Trinajstić information content (AvgIpc) is 3.38. The van der Waals surface area contributed by atoms with E-state index in [4.69, 9.17) is 0 Å². The van der Waals surface area contributed by atoms with Crippen molar-refractivity contribution in [3.63, 3.8) is 0 Å². The van der Waals surface area contributed by atoms with Gasteiger partial charge in [0.15, 0.2) is 0 Å². The molecule has 2 aliphatic rings. The maximum absolute atomic E-state index is 3.95. The van der Waals surface area contributed by atoms with Gasteiger partial charge in [-0.3, -0.25) is 0 Å². The van der Waals surface area contributed by atoms with Gasteiger partial charge < -0.3 is 9.80 Å². The van der Waals surface area contributed by atoms with Crippen molar-refractivity contribution in [3.8, 4) is 0 Å². The van der Waals surface area contributed by atoms with E-state index in [0.29, 0.717) is 6.54 Å². The molecular formula is C49H52N2. The summed E-state index contributed by atoms with van der Waals surface area (Å²) in [5.74, 6) is 0.272. The highest BCUT2D eigenvalue weighted by atomic mass is 15.2. The first-order valence-corrected chi connectivity index (χ1v) is 18.2. The summed E-state index contributed by atoms with van der Waals surface area (Å²) in [5.41, 5.74) is 17.7.